The monoisotopic (exact) mass is 333 g/mol. The quantitative estimate of drug-likeness (QED) is 0.636. The molecule has 1 saturated heterocycles. The van der Waals surface area contributed by atoms with Gasteiger partial charge in [-0.1, -0.05) is 41.9 Å². The van der Waals surface area contributed by atoms with Crippen molar-refractivity contribution in [1.82, 2.24) is 4.98 Å². The molecule has 0 aliphatic carbocycles. The van der Waals surface area contributed by atoms with Crippen molar-refractivity contribution in [2.75, 3.05) is 24.6 Å². The molecule has 3 rings (SSSR count). The summed E-state index contributed by atoms with van der Waals surface area (Å²) in [5.74, 6) is 0.544. The van der Waals surface area contributed by atoms with E-state index >= 15 is 0 Å². The van der Waals surface area contributed by atoms with Gasteiger partial charge in [-0.05, 0) is 12.5 Å². The summed E-state index contributed by atoms with van der Waals surface area (Å²) < 4.78 is 5.98. The van der Waals surface area contributed by atoms with Gasteiger partial charge in [-0.15, -0.1) is 0 Å². The number of ether oxygens (including phenoxy) is 1. The van der Waals surface area contributed by atoms with Crippen LogP contribution >= 0.6 is 11.6 Å². The number of halogens is 1. The van der Waals surface area contributed by atoms with E-state index in [4.69, 9.17) is 16.3 Å². The van der Waals surface area contributed by atoms with Crippen molar-refractivity contribution in [2.24, 2.45) is 0 Å². The van der Waals surface area contributed by atoms with Crippen LogP contribution in [0, 0.1) is 10.1 Å². The minimum Gasteiger partial charge on any atom is -0.367 e. The van der Waals surface area contributed by atoms with Gasteiger partial charge in [-0.25, -0.2) is 4.98 Å². The molecule has 0 saturated carbocycles. The molecule has 0 bridgehead atoms. The molecule has 7 heteroatoms. The SMILES string of the molecule is CC1(c2ccccc2)CN(c2ncc([N+](=O)[O-])cc2Cl)CCO1. The van der Waals surface area contributed by atoms with E-state index in [1.54, 1.807) is 0 Å². The largest absolute Gasteiger partial charge is 0.367 e. The Labute approximate surface area is 138 Å². The molecule has 2 heterocycles. The van der Waals surface area contributed by atoms with E-state index in [0.29, 0.717) is 25.5 Å². The van der Waals surface area contributed by atoms with Crippen molar-refractivity contribution in [3.63, 3.8) is 0 Å². The predicted molar refractivity (Wildman–Crippen MR) is 87.9 cm³/mol. The lowest BCUT2D eigenvalue weighted by Gasteiger charge is -2.41. The highest BCUT2D eigenvalue weighted by molar-refractivity contribution is 6.33. The zero-order chi connectivity index (χ0) is 16.4. The molecule has 23 heavy (non-hydrogen) atoms. The summed E-state index contributed by atoms with van der Waals surface area (Å²) in [4.78, 5) is 16.5. The van der Waals surface area contributed by atoms with Crippen LogP contribution in [0.25, 0.3) is 0 Å². The summed E-state index contributed by atoms with van der Waals surface area (Å²) in [6.07, 6.45) is 1.23. The fourth-order valence-electron chi connectivity index (χ4n) is 2.77. The van der Waals surface area contributed by atoms with E-state index in [9.17, 15) is 10.1 Å². The van der Waals surface area contributed by atoms with Gasteiger partial charge in [0.25, 0.3) is 5.69 Å². The molecule has 120 valence electrons. The first-order chi connectivity index (χ1) is 11.0. The van der Waals surface area contributed by atoms with Crippen LogP contribution in [0.4, 0.5) is 11.5 Å². The number of nitro groups is 1. The van der Waals surface area contributed by atoms with Crippen molar-refractivity contribution < 1.29 is 9.66 Å². The number of benzene rings is 1. The van der Waals surface area contributed by atoms with Crippen LogP contribution in [0.15, 0.2) is 42.6 Å². The number of hydrogen-bond donors (Lipinski definition) is 0. The van der Waals surface area contributed by atoms with Gasteiger partial charge in [0.05, 0.1) is 23.1 Å². The van der Waals surface area contributed by atoms with Gasteiger partial charge in [-0.3, -0.25) is 10.1 Å². The summed E-state index contributed by atoms with van der Waals surface area (Å²) in [6.45, 7) is 3.75. The van der Waals surface area contributed by atoms with Gasteiger partial charge in [0, 0.05) is 12.6 Å². The topological polar surface area (TPSA) is 68.5 Å². The van der Waals surface area contributed by atoms with Gasteiger partial charge < -0.3 is 9.64 Å². The minimum absolute atomic E-state index is 0.113. The van der Waals surface area contributed by atoms with Crippen LogP contribution in [0.1, 0.15) is 12.5 Å². The summed E-state index contributed by atoms with van der Waals surface area (Å²) in [6, 6.07) is 11.3. The Morgan fingerprint density at radius 2 is 2.13 bits per heavy atom. The third-order valence-corrected chi connectivity index (χ3v) is 4.25. The second-order valence-corrected chi connectivity index (χ2v) is 6.03. The molecule has 2 aromatic rings. The number of nitrogens with zero attached hydrogens (tertiary/aromatic N) is 3. The molecule has 1 unspecified atom stereocenters. The Hall–Kier alpha value is -2.18. The smallest absolute Gasteiger partial charge is 0.289 e. The van der Waals surface area contributed by atoms with Gasteiger partial charge in [0.15, 0.2) is 0 Å². The maximum atomic E-state index is 10.8. The van der Waals surface area contributed by atoms with Crippen LogP contribution in [0.5, 0.6) is 0 Å². The van der Waals surface area contributed by atoms with Gasteiger partial charge in [0.1, 0.15) is 17.6 Å². The van der Waals surface area contributed by atoms with Crippen molar-refractivity contribution in [3.8, 4) is 0 Å². The van der Waals surface area contributed by atoms with E-state index < -0.39 is 10.5 Å². The standard InChI is InChI=1S/C16H16ClN3O3/c1-16(12-5-3-2-4-6-12)11-19(7-8-23-16)15-14(17)9-13(10-18-15)20(21)22/h2-6,9-10H,7-8,11H2,1H3. The van der Waals surface area contributed by atoms with E-state index in [1.807, 2.05) is 42.2 Å². The third-order valence-electron chi connectivity index (χ3n) is 3.98. The molecule has 0 radical (unpaired) electrons. The van der Waals surface area contributed by atoms with Gasteiger partial charge >= 0.3 is 0 Å². The first kappa shape index (κ1) is 15.7. The average Bonchev–Trinajstić information content (AvgIpc) is 2.55. The Bertz CT molecular complexity index is 726. The number of hydrogen-bond acceptors (Lipinski definition) is 5. The number of pyridine rings is 1. The normalized spacial score (nSPS) is 21.2. The Kier molecular flexibility index (Phi) is 4.19. The fraction of sp³-hybridized carbons (Fsp3) is 0.312. The average molecular weight is 334 g/mol. The summed E-state index contributed by atoms with van der Waals surface area (Å²) in [7, 11) is 0. The molecule has 1 aliphatic heterocycles. The molecule has 1 fully saturated rings. The molecule has 0 amide bonds. The van der Waals surface area contributed by atoms with E-state index in [0.717, 1.165) is 5.56 Å². The first-order valence-electron chi connectivity index (χ1n) is 7.24. The zero-order valence-electron chi connectivity index (χ0n) is 12.6. The number of morpholine rings is 1. The van der Waals surface area contributed by atoms with Crippen LogP contribution in [0.3, 0.4) is 0 Å². The Morgan fingerprint density at radius 1 is 1.39 bits per heavy atom. The number of aromatic nitrogens is 1. The van der Waals surface area contributed by atoms with Crippen molar-refractivity contribution in [1.29, 1.82) is 0 Å². The maximum absolute atomic E-state index is 10.8. The van der Waals surface area contributed by atoms with Crippen LogP contribution in [0.2, 0.25) is 5.02 Å². The molecule has 0 N–H and O–H groups in total. The molecule has 0 spiro atoms. The highest BCUT2D eigenvalue weighted by Crippen LogP contribution is 2.34. The minimum atomic E-state index is -0.504. The maximum Gasteiger partial charge on any atom is 0.289 e. The molecular formula is C16H16ClN3O3. The van der Waals surface area contributed by atoms with Crippen molar-refractivity contribution >= 4 is 23.1 Å². The second kappa shape index (κ2) is 6.14. The number of anilines is 1. The summed E-state index contributed by atoms with van der Waals surface area (Å²) in [5, 5.41) is 11.1. The molecule has 1 aromatic carbocycles. The summed E-state index contributed by atoms with van der Waals surface area (Å²) >= 11 is 6.20. The molecular weight excluding hydrogens is 318 g/mol. The predicted octanol–water partition coefficient (Wildman–Crippen LogP) is 3.40. The molecule has 6 nitrogen and oxygen atoms in total. The molecule has 1 aliphatic rings. The van der Waals surface area contributed by atoms with Crippen molar-refractivity contribution in [2.45, 2.75) is 12.5 Å². The van der Waals surface area contributed by atoms with Crippen molar-refractivity contribution in [3.05, 3.63) is 63.3 Å². The van der Waals surface area contributed by atoms with Crippen LogP contribution in [-0.2, 0) is 10.3 Å². The van der Waals surface area contributed by atoms with Gasteiger partial charge in [0.2, 0.25) is 0 Å². The zero-order valence-corrected chi connectivity index (χ0v) is 13.4. The van der Waals surface area contributed by atoms with E-state index in [1.165, 1.54) is 12.3 Å². The Balaban J connectivity index is 1.88. The highest BCUT2D eigenvalue weighted by atomic mass is 35.5. The molecule has 1 aromatic heterocycles. The van der Waals surface area contributed by atoms with Crippen LogP contribution in [-0.4, -0.2) is 29.6 Å². The fourth-order valence-corrected chi connectivity index (χ4v) is 3.05. The Morgan fingerprint density at radius 3 is 2.78 bits per heavy atom. The summed E-state index contributed by atoms with van der Waals surface area (Å²) in [5.41, 5.74) is 0.479. The van der Waals surface area contributed by atoms with E-state index in [-0.39, 0.29) is 10.7 Å². The molecule has 1 atom stereocenters. The van der Waals surface area contributed by atoms with E-state index in [2.05, 4.69) is 4.98 Å². The lowest BCUT2D eigenvalue weighted by molar-refractivity contribution is -0.385. The first-order valence-corrected chi connectivity index (χ1v) is 7.62. The second-order valence-electron chi connectivity index (χ2n) is 5.62. The lowest BCUT2D eigenvalue weighted by atomic mass is 9.94. The van der Waals surface area contributed by atoms with Gasteiger partial charge in [-0.2, -0.15) is 0 Å². The number of rotatable bonds is 3. The lowest BCUT2D eigenvalue weighted by Crippen LogP contribution is -2.48. The highest BCUT2D eigenvalue weighted by Gasteiger charge is 2.35. The van der Waals surface area contributed by atoms with Crippen LogP contribution < -0.4 is 4.90 Å². The third kappa shape index (κ3) is 3.13.